The summed E-state index contributed by atoms with van der Waals surface area (Å²) in [6.07, 6.45) is 4.71. The van der Waals surface area contributed by atoms with Crippen LogP contribution in [-0.4, -0.2) is 11.9 Å². The van der Waals surface area contributed by atoms with Crippen LogP contribution >= 0.6 is 0 Å². The number of carbonyl (C=O) groups is 1. The zero-order valence-electron chi connectivity index (χ0n) is 5.39. The summed E-state index contributed by atoms with van der Waals surface area (Å²) in [5.74, 6) is 0.674. The van der Waals surface area contributed by atoms with Gasteiger partial charge in [-0.05, 0) is 25.7 Å². The van der Waals surface area contributed by atoms with Crippen molar-refractivity contribution >= 4 is 5.91 Å². The average molecular weight is 125 g/mol. The molecule has 1 amide bonds. The Morgan fingerprint density at radius 3 is 2.11 bits per heavy atom. The zero-order chi connectivity index (χ0) is 6.27. The molecule has 1 saturated carbocycles. The zero-order valence-corrected chi connectivity index (χ0v) is 5.39. The molecule has 3 rings (SSSR count). The summed E-state index contributed by atoms with van der Waals surface area (Å²) in [4.78, 5) is 10.9. The second kappa shape index (κ2) is 1.72. The van der Waals surface area contributed by atoms with Crippen molar-refractivity contribution in [1.29, 1.82) is 0 Å². The van der Waals surface area contributed by atoms with Crippen LogP contribution in [0.1, 0.15) is 25.7 Å². The smallest absolute Gasteiger partial charge is 0.223 e. The highest BCUT2D eigenvalue weighted by molar-refractivity contribution is 5.80. The molecule has 0 spiro atoms. The first kappa shape index (κ1) is 5.27. The summed E-state index contributed by atoms with van der Waals surface area (Å²) < 4.78 is 0. The highest BCUT2D eigenvalue weighted by Gasteiger charge is 2.32. The molecule has 3 aliphatic rings. The summed E-state index contributed by atoms with van der Waals surface area (Å²) in [6.45, 7) is 0. The van der Waals surface area contributed by atoms with Crippen LogP contribution in [0, 0.1) is 5.92 Å². The third-order valence-electron chi connectivity index (χ3n) is 2.44. The third-order valence-corrected chi connectivity index (χ3v) is 2.44. The molecule has 0 aromatic carbocycles. The lowest BCUT2D eigenvalue weighted by atomic mass is 9.81. The van der Waals surface area contributed by atoms with Crippen molar-refractivity contribution in [3.63, 3.8) is 0 Å². The van der Waals surface area contributed by atoms with E-state index < -0.39 is 0 Å². The SMILES string of the molecule is O=C1NC2CCC1CC2. The minimum Gasteiger partial charge on any atom is -0.353 e. The van der Waals surface area contributed by atoms with Crippen LogP contribution in [0.2, 0.25) is 0 Å². The summed E-state index contributed by atoms with van der Waals surface area (Å²) in [5, 5.41) is 2.98. The molecule has 2 bridgehead atoms. The molecular formula is C7H11NO. The van der Waals surface area contributed by atoms with Crippen molar-refractivity contribution in [1.82, 2.24) is 5.32 Å². The second-order valence-electron chi connectivity index (χ2n) is 3.06. The predicted molar refractivity (Wildman–Crippen MR) is 33.9 cm³/mol. The number of hydrogen-bond acceptors (Lipinski definition) is 1. The van der Waals surface area contributed by atoms with Gasteiger partial charge in [-0.1, -0.05) is 0 Å². The maximum atomic E-state index is 10.9. The summed E-state index contributed by atoms with van der Waals surface area (Å²) in [5.41, 5.74) is 0. The number of piperidine rings is 2. The van der Waals surface area contributed by atoms with E-state index in [0.29, 0.717) is 17.9 Å². The van der Waals surface area contributed by atoms with Gasteiger partial charge >= 0.3 is 0 Å². The van der Waals surface area contributed by atoms with Crippen LogP contribution in [0.3, 0.4) is 0 Å². The maximum Gasteiger partial charge on any atom is 0.223 e. The molecule has 9 heavy (non-hydrogen) atoms. The molecule has 2 heterocycles. The van der Waals surface area contributed by atoms with Gasteiger partial charge in [-0.3, -0.25) is 4.79 Å². The molecule has 0 radical (unpaired) electrons. The normalized spacial score (nSPS) is 40.7. The summed E-state index contributed by atoms with van der Waals surface area (Å²) >= 11 is 0. The van der Waals surface area contributed by atoms with Crippen molar-refractivity contribution in [3.8, 4) is 0 Å². The van der Waals surface area contributed by atoms with E-state index in [4.69, 9.17) is 0 Å². The number of hydrogen-bond donors (Lipinski definition) is 1. The Morgan fingerprint density at radius 1 is 1.22 bits per heavy atom. The minimum absolute atomic E-state index is 0.303. The molecule has 0 aromatic heterocycles. The lowest BCUT2D eigenvalue weighted by Crippen LogP contribution is -2.48. The molecule has 1 N–H and O–H groups in total. The molecule has 3 fully saturated rings. The summed E-state index contributed by atoms with van der Waals surface area (Å²) in [6, 6.07) is 0.530. The Bertz CT molecular complexity index is 136. The molecule has 0 aromatic rings. The number of rotatable bonds is 0. The van der Waals surface area contributed by atoms with E-state index in [1.807, 2.05) is 0 Å². The van der Waals surface area contributed by atoms with Gasteiger partial charge in [0.2, 0.25) is 5.91 Å². The van der Waals surface area contributed by atoms with E-state index in [1.54, 1.807) is 0 Å². The van der Waals surface area contributed by atoms with E-state index in [9.17, 15) is 4.79 Å². The fourth-order valence-corrected chi connectivity index (χ4v) is 1.82. The fourth-order valence-electron chi connectivity index (χ4n) is 1.82. The van der Waals surface area contributed by atoms with E-state index in [-0.39, 0.29) is 0 Å². The molecule has 2 heteroatoms. The van der Waals surface area contributed by atoms with Crippen LogP contribution in [0.5, 0.6) is 0 Å². The fraction of sp³-hybridized carbons (Fsp3) is 0.857. The van der Waals surface area contributed by atoms with Gasteiger partial charge in [0, 0.05) is 12.0 Å². The number of nitrogens with one attached hydrogen (secondary N) is 1. The molecule has 2 nitrogen and oxygen atoms in total. The van der Waals surface area contributed by atoms with Crippen LogP contribution in [0.15, 0.2) is 0 Å². The van der Waals surface area contributed by atoms with Crippen molar-refractivity contribution in [2.24, 2.45) is 5.92 Å². The Hall–Kier alpha value is -0.530. The van der Waals surface area contributed by atoms with Gasteiger partial charge in [-0.2, -0.15) is 0 Å². The highest BCUT2D eigenvalue weighted by atomic mass is 16.2. The monoisotopic (exact) mass is 125 g/mol. The largest absolute Gasteiger partial charge is 0.353 e. The van der Waals surface area contributed by atoms with Crippen LogP contribution in [-0.2, 0) is 4.79 Å². The topological polar surface area (TPSA) is 29.1 Å². The Morgan fingerprint density at radius 2 is 1.89 bits per heavy atom. The molecule has 2 saturated heterocycles. The van der Waals surface area contributed by atoms with Crippen LogP contribution < -0.4 is 5.32 Å². The number of amides is 1. The molecule has 1 aliphatic carbocycles. The van der Waals surface area contributed by atoms with Gasteiger partial charge in [0.05, 0.1) is 0 Å². The van der Waals surface area contributed by atoms with Gasteiger partial charge in [0.25, 0.3) is 0 Å². The van der Waals surface area contributed by atoms with E-state index in [1.165, 1.54) is 12.8 Å². The molecule has 50 valence electrons. The Labute approximate surface area is 54.6 Å². The van der Waals surface area contributed by atoms with Crippen molar-refractivity contribution in [2.75, 3.05) is 0 Å². The van der Waals surface area contributed by atoms with Crippen molar-refractivity contribution in [2.45, 2.75) is 31.7 Å². The lowest BCUT2D eigenvalue weighted by Gasteiger charge is -2.35. The first-order valence-corrected chi connectivity index (χ1v) is 3.66. The van der Waals surface area contributed by atoms with Gasteiger partial charge in [0.15, 0.2) is 0 Å². The molecule has 0 atom stereocenters. The van der Waals surface area contributed by atoms with Gasteiger partial charge in [-0.25, -0.2) is 0 Å². The van der Waals surface area contributed by atoms with Crippen LogP contribution in [0.25, 0.3) is 0 Å². The average Bonchev–Trinajstić information content (AvgIpc) is 1.90. The number of fused-ring (bicyclic) bond motifs is 3. The molecular weight excluding hydrogens is 114 g/mol. The Balaban J connectivity index is 2.15. The molecule has 0 unspecified atom stereocenters. The van der Waals surface area contributed by atoms with Crippen molar-refractivity contribution in [3.05, 3.63) is 0 Å². The van der Waals surface area contributed by atoms with E-state index >= 15 is 0 Å². The van der Waals surface area contributed by atoms with Crippen molar-refractivity contribution < 1.29 is 4.79 Å². The van der Waals surface area contributed by atoms with Gasteiger partial charge < -0.3 is 5.32 Å². The number of carbonyl (C=O) groups excluding carboxylic acids is 1. The first-order valence-electron chi connectivity index (χ1n) is 3.66. The Kier molecular flexibility index (Phi) is 1.01. The first-order chi connectivity index (χ1) is 4.36. The summed E-state index contributed by atoms with van der Waals surface area (Å²) in [7, 11) is 0. The second-order valence-corrected chi connectivity index (χ2v) is 3.06. The minimum atomic E-state index is 0.303. The third kappa shape index (κ3) is 0.732. The van der Waals surface area contributed by atoms with Gasteiger partial charge in [-0.15, -0.1) is 0 Å². The standard InChI is InChI=1S/C7H11NO/c9-7-5-1-3-6(8-7)4-2-5/h5-6H,1-4H2,(H,8,9). The lowest BCUT2D eigenvalue weighted by molar-refractivity contribution is -0.130. The van der Waals surface area contributed by atoms with Crippen LogP contribution in [0.4, 0.5) is 0 Å². The molecule has 2 aliphatic heterocycles. The highest BCUT2D eigenvalue weighted by Crippen LogP contribution is 2.29. The quantitative estimate of drug-likeness (QED) is 0.506. The predicted octanol–water partition coefficient (Wildman–Crippen LogP) is 0.675. The van der Waals surface area contributed by atoms with Gasteiger partial charge in [0.1, 0.15) is 0 Å². The maximum absolute atomic E-state index is 10.9. The van der Waals surface area contributed by atoms with E-state index in [0.717, 1.165) is 12.8 Å². The van der Waals surface area contributed by atoms with E-state index in [2.05, 4.69) is 5.32 Å².